The van der Waals surface area contributed by atoms with Gasteiger partial charge in [-0.15, -0.1) is 22.7 Å². The maximum atomic E-state index is 12.9. The number of nitrogens with zero attached hydrogens (tertiary/aromatic N) is 3. The van der Waals surface area contributed by atoms with E-state index in [1.54, 1.807) is 23.6 Å². The zero-order chi connectivity index (χ0) is 20.2. The monoisotopic (exact) mass is 428 g/mol. The fourth-order valence-corrected chi connectivity index (χ4v) is 4.60. The zero-order valence-corrected chi connectivity index (χ0v) is 17.5. The molecule has 1 aliphatic heterocycles. The summed E-state index contributed by atoms with van der Waals surface area (Å²) in [5.41, 5.74) is 1.36. The quantitative estimate of drug-likeness (QED) is 0.669. The van der Waals surface area contributed by atoms with Crippen molar-refractivity contribution in [1.29, 1.82) is 0 Å². The molecule has 3 aromatic rings. The van der Waals surface area contributed by atoms with E-state index in [9.17, 15) is 9.59 Å². The Morgan fingerprint density at radius 1 is 1.24 bits per heavy atom. The highest BCUT2D eigenvalue weighted by molar-refractivity contribution is 7.13. The molecular formula is C20H20N4O3S2. The molecule has 0 bridgehead atoms. The van der Waals surface area contributed by atoms with Crippen LogP contribution in [-0.4, -0.2) is 46.9 Å². The molecule has 1 saturated heterocycles. The van der Waals surface area contributed by atoms with Crippen LogP contribution in [0.15, 0.2) is 41.2 Å². The van der Waals surface area contributed by atoms with E-state index in [2.05, 4.69) is 15.3 Å². The largest absolute Gasteiger partial charge is 0.497 e. The third-order valence-electron chi connectivity index (χ3n) is 4.80. The third kappa shape index (κ3) is 4.46. The van der Waals surface area contributed by atoms with Crippen LogP contribution in [0.1, 0.15) is 23.3 Å². The second-order valence-corrected chi connectivity index (χ2v) is 8.44. The predicted octanol–water partition coefficient (Wildman–Crippen LogP) is 3.77. The van der Waals surface area contributed by atoms with Gasteiger partial charge in [-0.1, -0.05) is 0 Å². The van der Waals surface area contributed by atoms with Crippen LogP contribution in [0.3, 0.4) is 0 Å². The van der Waals surface area contributed by atoms with E-state index < -0.39 is 0 Å². The van der Waals surface area contributed by atoms with Gasteiger partial charge in [-0.2, -0.15) is 0 Å². The van der Waals surface area contributed by atoms with Crippen molar-refractivity contribution in [3.63, 3.8) is 0 Å². The topological polar surface area (TPSA) is 84.4 Å². The molecule has 0 spiro atoms. The van der Waals surface area contributed by atoms with Gasteiger partial charge in [0.25, 0.3) is 5.91 Å². The first-order valence-electron chi connectivity index (χ1n) is 9.23. The van der Waals surface area contributed by atoms with Crippen molar-refractivity contribution in [2.75, 3.05) is 25.5 Å². The number of ether oxygens (including phenoxy) is 1. The Hall–Kier alpha value is -2.78. The number of methoxy groups -OCH3 is 1. The second-order valence-electron chi connectivity index (χ2n) is 6.68. The lowest BCUT2D eigenvalue weighted by Crippen LogP contribution is -2.43. The van der Waals surface area contributed by atoms with E-state index in [1.165, 1.54) is 22.7 Å². The molecule has 0 aliphatic carbocycles. The van der Waals surface area contributed by atoms with E-state index in [0.717, 1.165) is 29.2 Å². The Bertz CT molecular complexity index is 986. The van der Waals surface area contributed by atoms with E-state index in [4.69, 9.17) is 4.74 Å². The third-order valence-corrected chi connectivity index (χ3v) is 6.38. The zero-order valence-electron chi connectivity index (χ0n) is 15.8. The van der Waals surface area contributed by atoms with Gasteiger partial charge in [0.2, 0.25) is 5.91 Å². The number of benzene rings is 1. The summed E-state index contributed by atoms with van der Waals surface area (Å²) in [5, 5.41) is 7.79. The number of carbonyl (C=O) groups is 2. The molecule has 3 heterocycles. The fourth-order valence-electron chi connectivity index (χ4n) is 3.27. The average molecular weight is 429 g/mol. The van der Waals surface area contributed by atoms with Crippen molar-refractivity contribution in [1.82, 2.24) is 14.9 Å². The molecule has 1 aromatic carbocycles. The summed E-state index contributed by atoms with van der Waals surface area (Å²) < 4.78 is 5.18. The molecule has 150 valence electrons. The smallest absolute Gasteiger partial charge is 0.273 e. The molecule has 1 aliphatic rings. The average Bonchev–Trinajstić information content (AvgIpc) is 3.46. The number of carbonyl (C=O) groups excluding carboxylic acids is 2. The summed E-state index contributed by atoms with van der Waals surface area (Å²) in [5.74, 6) is 0.315. The molecular weight excluding hydrogens is 408 g/mol. The van der Waals surface area contributed by atoms with Crippen LogP contribution in [0.5, 0.6) is 5.75 Å². The van der Waals surface area contributed by atoms with Crippen molar-refractivity contribution in [3.8, 4) is 16.3 Å². The van der Waals surface area contributed by atoms with Gasteiger partial charge in [0.15, 0.2) is 5.13 Å². The molecule has 1 atom stereocenters. The minimum Gasteiger partial charge on any atom is -0.497 e. The van der Waals surface area contributed by atoms with Crippen molar-refractivity contribution < 1.29 is 14.3 Å². The second kappa shape index (κ2) is 8.71. The molecule has 1 unspecified atom stereocenters. The number of hydrogen-bond donors (Lipinski definition) is 1. The first-order chi connectivity index (χ1) is 14.1. The first-order valence-corrected chi connectivity index (χ1v) is 11.0. The number of anilines is 1. The standard InChI is InChI=1S/C20H20N4O3S2/c1-27-15-6-4-13(5-7-15)18-22-16(12-29-18)19(26)24-9-2-3-14(11-24)17(25)23-20-21-8-10-28-20/h4-8,10,12,14H,2-3,9,11H2,1H3,(H,21,23,25). The van der Waals surface area contributed by atoms with Crippen LogP contribution in [0.2, 0.25) is 0 Å². The normalized spacial score (nSPS) is 16.4. The summed E-state index contributed by atoms with van der Waals surface area (Å²) in [6.45, 7) is 1.03. The number of thiazole rings is 2. The number of likely N-dealkylation sites (tertiary alicyclic amines) is 1. The molecule has 1 fully saturated rings. The molecule has 9 heteroatoms. The highest BCUT2D eigenvalue weighted by atomic mass is 32.1. The lowest BCUT2D eigenvalue weighted by Gasteiger charge is -2.31. The summed E-state index contributed by atoms with van der Waals surface area (Å²) in [4.78, 5) is 35.8. The van der Waals surface area contributed by atoms with Gasteiger partial charge in [-0.25, -0.2) is 9.97 Å². The maximum absolute atomic E-state index is 12.9. The highest BCUT2D eigenvalue weighted by Gasteiger charge is 2.30. The minimum atomic E-state index is -0.240. The maximum Gasteiger partial charge on any atom is 0.273 e. The summed E-state index contributed by atoms with van der Waals surface area (Å²) >= 11 is 2.81. The van der Waals surface area contributed by atoms with Crippen LogP contribution in [0.25, 0.3) is 10.6 Å². The van der Waals surface area contributed by atoms with Crippen LogP contribution >= 0.6 is 22.7 Å². The van der Waals surface area contributed by atoms with Gasteiger partial charge in [0.05, 0.1) is 13.0 Å². The van der Waals surface area contributed by atoms with Gasteiger partial charge in [0.1, 0.15) is 16.5 Å². The molecule has 29 heavy (non-hydrogen) atoms. The Balaban J connectivity index is 1.42. The molecule has 1 N–H and O–H groups in total. The van der Waals surface area contributed by atoms with Gasteiger partial charge < -0.3 is 15.0 Å². The Morgan fingerprint density at radius 3 is 2.79 bits per heavy atom. The van der Waals surface area contributed by atoms with Crippen LogP contribution in [0, 0.1) is 5.92 Å². The SMILES string of the molecule is COc1ccc(-c2nc(C(=O)N3CCCC(C(=O)Nc4nccs4)C3)cs2)cc1. The molecule has 0 saturated carbocycles. The lowest BCUT2D eigenvalue weighted by molar-refractivity contribution is -0.121. The molecule has 2 amide bonds. The van der Waals surface area contributed by atoms with Gasteiger partial charge in [0, 0.05) is 35.6 Å². The number of aromatic nitrogens is 2. The van der Waals surface area contributed by atoms with E-state index in [1.807, 2.05) is 29.6 Å². The number of amides is 2. The highest BCUT2D eigenvalue weighted by Crippen LogP contribution is 2.27. The van der Waals surface area contributed by atoms with Crippen molar-refractivity contribution in [2.24, 2.45) is 5.92 Å². The Morgan fingerprint density at radius 2 is 2.07 bits per heavy atom. The summed E-state index contributed by atoms with van der Waals surface area (Å²) in [6.07, 6.45) is 3.20. The van der Waals surface area contributed by atoms with Crippen molar-refractivity contribution in [3.05, 3.63) is 46.9 Å². The van der Waals surface area contributed by atoms with E-state index >= 15 is 0 Å². The molecule has 2 aromatic heterocycles. The minimum absolute atomic E-state index is 0.0883. The Labute approximate surface area is 176 Å². The molecule has 0 radical (unpaired) electrons. The van der Waals surface area contributed by atoms with E-state index in [-0.39, 0.29) is 17.7 Å². The Kier molecular flexibility index (Phi) is 5.86. The van der Waals surface area contributed by atoms with Crippen LogP contribution in [0.4, 0.5) is 5.13 Å². The fraction of sp³-hybridized carbons (Fsp3) is 0.300. The summed E-state index contributed by atoms with van der Waals surface area (Å²) in [6, 6.07) is 7.58. The first kappa shape index (κ1) is 19.5. The summed E-state index contributed by atoms with van der Waals surface area (Å²) in [7, 11) is 1.62. The molecule has 7 nitrogen and oxygen atoms in total. The number of nitrogens with one attached hydrogen (secondary N) is 1. The van der Waals surface area contributed by atoms with Crippen LogP contribution < -0.4 is 10.1 Å². The number of hydrogen-bond acceptors (Lipinski definition) is 7. The van der Waals surface area contributed by atoms with Crippen molar-refractivity contribution in [2.45, 2.75) is 12.8 Å². The van der Waals surface area contributed by atoms with Crippen molar-refractivity contribution >= 4 is 39.6 Å². The van der Waals surface area contributed by atoms with Gasteiger partial charge in [-0.3, -0.25) is 9.59 Å². The molecule has 4 rings (SSSR count). The van der Waals surface area contributed by atoms with Gasteiger partial charge >= 0.3 is 0 Å². The lowest BCUT2D eigenvalue weighted by atomic mass is 9.97. The number of piperidine rings is 1. The predicted molar refractivity (Wildman–Crippen MR) is 113 cm³/mol. The van der Waals surface area contributed by atoms with Gasteiger partial charge in [-0.05, 0) is 37.1 Å². The number of rotatable bonds is 5. The van der Waals surface area contributed by atoms with Crippen LogP contribution in [-0.2, 0) is 4.79 Å². The van der Waals surface area contributed by atoms with E-state index in [0.29, 0.717) is 23.9 Å².